The first kappa shape index (κ1) is 21.7. The molecule has 1 aromatic heterocycles. The van der Waals surface area contributed by atoms with Crippen LogP contribution in [0.15, 0.2) is 4.99 Å². The first-order valence-electron chi connectivity index (χ1n) is 10.1. The number of aryl methyl sites for hydroxylation is 2. The Balaban J connectivity index is 2.02. The molecule has 2 heterocycles. The van der Waals surface area contributed by atoms with Crippen LogP contribution in [-0.4, -0.2) is 64.6 Å². The molecule has 0 bridgehead atoms. The molecule has 0 aromatic carbocycles. The molecule has 7 heteroatoms. The fourth-order valence-corrected chi connectivity index (χ4v) is 3.63. The van der Waals surface area contributed by atoms with Crippen LogP contribution in [0.25, 0.3) is 0 Å². The third-order valence-corrected chi connectivity index (χ3v) is 5.36. The van der Waals surface area contributed by atoms with Gasteiger partial charge in [0.2, 0.25) is 0 Å². The molecular formula is C20H38N6O. The number of guanidine groups is 1. The van der Waals surface area contributed by atoms with Gasteiger partial charge in [-0.15, -0.1) is 0 Å². The smallest absolute Gasteiger partial charge is 0.191 e. The summed E-state index contributed by atoms with van der Waals surface area (Å²) in [7, 11) is 1.98. The molecule has 0 radical (unpaired) electrons. The summed E-state index contributed by atoms with van der Waals surface area (Å²) in [6.45, 7) is 19.3. The predicted octanol–water partition coefficient (Wildman–Crippen LogP) is 1.98. The highest BCUT2D eigenvalue weighted by atomic mass is 16.5. The summed E-state index contributed by atoms with van der Waals surface area (Å²) in [6, 6.07) is 0. The van der Waals surface area contributed by atoms with Gasteiger partial charge in [0.05, 0.1) is 24.4 Å². The second-order valence-electron chi connectivity index (χ2n) is 8.30. The molecule has 1 aliphatic heterocycles. The minimum atomic E-state index is 0.0165. The second-order valence-corrected chi connectivity index (χ2v) is 8.30. The highest BCUT2D eigenvalue weighted by Crippen LogP contribution is 2.20. The largest absolute Gasteiger partial charge is 0.373 e. The van der Waals surface area contributed by atoms with Crippen molar-refractivity contribution in [1.29, 1.82) is 0 Å². The highest BCUT2D eigenvalue weighted by Gasteiger charge is 2.33. The van der Waals surface area contributed by atoms with E-state index in [4.69, 9.17) is 9.73 Å². The van der Waals surface area contributed by atoms with Gasteiger partial charge in [-0.2, -0.15) is 5.10 Å². The van der Waals surface area contributed by atoms with Gasteiger partial charge in [-0.1, -0.05) is 0 Å². The highest BCUT2D eigenvalue weighted by molar-refractivity contribution is 5.79. The number of hydrogen-bond acceptors (Lipinski definition) is 4. The molecule has 0 spiro atoms. The molecule has 7 nitrogen and oxygen atoms in total. The number of ether oxygens (including phenoxy) is 1. The monoisotopic (exact) mass is 378 g/mol. The summed E-state index contributed by atoms with van der Waals surface area (Å²) in [4.78, 5) is 7.31. The van der Waals surface area contributed by atoms with Crippen molar-refractivity contribution in [1.82, 2.24) is 25.3 Å². The molecule has 0 amide bonds. The Morgan fingerprint density at radius 3 is 2.37 bits per heavy atom. The van der Waals surface area contributed by atoms with Crippen molar-refractivity contribution in [3.8, 4) is 0 Å². The zero-order chi connectivity index (χ0) is 20.2. The third-order valence-electron chi connectivity index (χ3n) is 5.36. The molecule has 1 aromatic rings. The molecule has 1 saturated heterocycles. The second kappa shape index (κ2) is 9.06. The lowest BCUT2D eigenvalue weighted by atomic mass is 10.00. The van der Waals surface area contributed by atoms with E-state index in [-0.39, 0.29) is 17.7 Å². The summed E-state index contributed by atoms with van der Waals surface area (Å²) in [5.41, 5.74) is 3.43. The number of morpholine rings is 1. The van der Waals surface area contributed by atoms with Crippen molar-refractivity contribution in [2.75, 3.05) is 26.2 Å². The van der Waals surface area contributed by atoms with Gasteiger partial charge in [0.15, 0.2) is 5.96 Å². The number of aromatic nitrogens is 2. The molecule has 2 unspecified atom stereocenters. The normalized spacial score (nSPS) is 22.1. The zero-order valence-electron chi connectivity index (χ0n) is 18.4. The van der Waals surface area contributed by atoms with E-state index < -0.39 is 0 Å². The van der Waals surface area contributed by atoms with Crippen LogP contribution in [0.3, 0.4) is 0 Å². The summed E-state index contributed by atoms with van der Waals surface area (Å²) < 4.78 is 7.80. The molecule has 0 saturated carbocycles. The lowest BCUT2D eigenvalue weighted by molar-refractivity contribution is -0.0946. The average molecular weight is 379 g/mol. The number of nitrogens with one attached hydrogen (secondary N) is 2. The molecular weight excluding hydrogens is 340 g/mol. The quantitative estimate of drug-likeness (QED) is 0.585. The van der Waals surface area contributed by atoms with E-state index in [2.05, 4.69) is 62.2 Å². The van der Waals surface area contributed by atoms with Gasteiger partial charge < -0.3 is 15.4 Å². The number of rotatable bonds is 6. The topological polar surface area (TPSA) is 66.7 Å². The minimum absolute atomic E-state index is 0.0165. The first-order chi connectivity index (χ1) is 12.6. The Hall–Kier alpha value is -1.60. The van der Waals surface area contributed by atoms with Crippen LogP contribution in [0.1, 0.15) is 51.6 Å². The van der Waals surface area contributed by atoms with Crippen molar-refractivity contribution >= 4 is 5.96 Å². The third kappa shape index (κ3) is 5.69. The molecule has 1 fully saturated rings. The van der Waals surface area contributed by atoms with E-state index >= 15 is 0 Å². The Morgan fingerprint density at radius 2 is 1.85 bits per heavy atom. The Labute approximate surface area is 164 Å². The van der Waals surface area contributed by atoms with Gasteiger partial charge >= 0.3 is 0 Å². The van der Waals surface area contributed by atoms with Crippen molar-refractivity contribution < 1.29 is 4.74 Å². The molecule has 2 N–H and O–H groups in total. The molecule has 2 atom stereocenters. The van der Waals surface area contributed by atoms with E-state index in [1.165, 1.54) is 11.3 Å². The van der Waals surface area contributed by atoms with E-state index in [1.807, 2.05) is 18.7 Å². The Kier molecular flexibility index (Phi) is 7.28. The van der Waals surface area contributed by atoms with E-state index in [1.54, 1.807) is 0 Å². The molecule has 2 rings (SSSR count). The first-order valence-corrected chi connectivity index (χ1v) is 10.1. The molecule has 27 heavy (non-hydrogen) atoms. The molecule has 154 valence electrons. The Morgan fingerprint density at radius 1 is 1.22 bits per heavy atom. The van der Waals surface area contributed by atoms with Gasteiger partial charge in [0.25, 0.3) is 0 Å². The van der Waals surface area contributed by atoms with Crippen molar-refractivity contribution in [2.24, 2.45) is 12.0 Å². The van der Waals surface area contributed by atoms with Crippen molar-refractivity contribution in [2.45, 2.75) is 72.8 Å². The maximum atomic E-state index is 5.88. The van der Waals surface area contributed by atoms with Crippen LogP contribution < -0.4 is 10.6 Å². The summed E-state index contributed by atoms with van der Waals surface area (Å²) in [6.07, 6.45) is 0.540. The average Bonchev–Trinajstić information content (AvgIpc) is 2.82. The van der Waals surface area contributed by atoms with Crippen molar-refractivity contribution in [3.05, 3.63) is 17.0 Å². The summed E-state index contributed by atoms with van der Waals surface area (Å²) >= 11 is 0. The zero-order valence-corrected chi connectivity index (χ0v) is 18.4. The lowest BCUT2D eigenvalue weighted by Gasteiger charge is -2.45. The summed E-state index contributed by atoms with van der Waals surface area (Å²) in [5.74, 6) is 0.850. The lowest BCUT2D eigenvalue weighted by Crippen LogP contribution is -2.59. The van der Waals surface area contributed by atoms with Crippen LogP contribution in [0, 0.1) is 13.8 Å². The van der Waals surface area contributed by atoms with Gasteiger partial charge in [-0.25, -0.2) is 4.99 Å². The SMILES string of the molecule is CCNC(=NCc1c(C)nn(C)c1C)NCC(C)(C)N1CC(C)OC(C)C1. The van der Waals surface area contributed by atoms with Gasteiger partial charge in [-0.3, -0.25) is 9.58 Å². The molecule has 1 aliphatic rings. The van der Waals surface area contributed by atoms with Gasteiger partial charge in [0.1, 0.15) is 0 Å². The van der Waals surface area contributed by atoms with E-state index in [9.17, 15) is 0 Å². The standard InChI is InChI=1S/C20H38N6O/c1-9-21-19(22-10-18-16(4)24-25(8)17(18)5)23-13-20(6,7)26-11-14(2)27-15(3)12-26/h14-15H,9-13H2,1-8H3,(H2,21,22,23). The minimum Gasteiger partial charge on any atom is -0.373 e. The van der Waals surface area contributed by atoms with Gasteiger partial charge in [0, 0.05) is 50.0 Å². The number of nitrogens with zero attached hydrogens (tertiary/aromatic N) is 4. The fraction of sp³-hybridized carbons (Fsp3) is 0.800. The maximum absolute atomic E-state index is 5.88. The molecule has 0 aliphatic carbocycles. The summed E-state index contributed by atoms with van der Waals surface area (Å²) in [5, 5.41) is 11.4. The fourth-order valence-electron chi connectivity index (χ4n) is 3.63. The van der Waals surface area contributed by atoms with Crippen LogP contribution in [0.4, 0.5) is 0 Å². The predicted molar refractivity (Wildman–Crippen MR) is 111 cm³/mol. The Bertz CT molecular complexity index is 641. The van der Waals surface area contributed by atoms with Crippen molar-refractivity contribution in [3.63, 3.8) is 0 Å². The number of aliphatic imine (C=N–C) groups is 1. The van der Waals surface area contributed by atoms with E-state index in [0.29, 0.717) is 6.54 Å². The van der Waals surface area contributed by atoms with Gasteiger partial charge in [-0.05, 0) is 48.5 Å². The van der Waals surface area contributed by atoms with Crippen LogP contribution in [0.2, 0.25) is 0 Å². The van der Waals surface area contributed by atoms with Crippen LogP contribution in [0.5, 0.6) is 0 Å². The number of hydrogen-bond donors (Lipinski definition) is 2. The van der Waals surface area contributed by atoms with Crippen LogP contribution >= 0.6 is 0 Å². The van der Waals surface area contributed by atoms with E-state index in [0.717, 1.165) is 37.8 Å². The van der Waals surface area contributed by atoms with Crippen LogP contribution in [-0.2, 0) is 18.3 Å². The maximum Gasteiger partial charge on any atom is 0.191 e.